The zero-order chi connectivity index (χ0) is 17.7. The summed E-state index contributed by atoms with van der Waals surface area (Å²) in [5, 5.41) is 0. The molecule has 3 heterocycles. The molecule has 0 radical (unpaired) electrons. The molecule has 27 heavy (non-hydrogen) atoms. The maximum atomic E-state index is 13.2. The molecule has 0 unspecified atom stereocenters. The fourth-order valence-electron chi connectivity index (χ4n) is 9.32. The quantitative estimate of drug-likeness (QED) is 0.378. The SMILES string of the molecule is O=C1OC(=O)[C@]23[C@@H]4C=C[C@@H](O4)[C@]12[C@@H]1C=C[C@H]3C1=C1C2CC3CC(C2)CC1C3. The summed E-state index contributed by atoms with van der Waals surface area (Å²) < 4.78 is 11.5. The van der Waals surface area contributed by atoms with E-state index in [2.05, 4.69) is 12.2 Å². The van der Waals surface area contributed by atoms with Crippen LogP contribution in [-0.4, -0.2) is 24.1 Å². The first-order chi connectivity index (χ1) is 13.2. The fourth-order valence-corrected chi connectivity index (χ4v) is 9.32. The Balaban J connectivity index is 1.40. The van der Waals surface area contributed by atoms with Gasteiger partial charge in [-0.05, 0) is 55.8 Å². The summed E-state index contributed by atoms with van der Waals surface area (Å²) in [5.74, 6) is 2.52. The van der Waals surface area contributed by atoms with Crippen molar-refractivity contribution in [3.8, 4) is 0 Å². The molecule has 0 N–H and O–H groups in total. The molecule has 6 atom stereocenters. The number of esters is 2. The molecule has 0 spiro atoms. The maximum Gasteiger partial charge on any atom is 0.325 e. The van der Waals surface area contributed by atoms with Gasteiger partial charge >= 0.3 is 11.9 Å². The number of carbonyl (C=O) groups excluding carboxylic acids is 2. The van der Waals surface area contributed by atoms with Crippen molar-refractivity contribution in [2.24, 2.45) is 46.3 Å². The van der Waals surface area contributed by atoms with E-state index in [1.165, 1.54) is 37.7 Å². The molecule has 7 fully saturated rings. The minimum atomic E-state index is -0.833. The lowest BCUT2D eigenvalue weighted by molar-refractivity contribution is -0.160. The molecule has 9 rings (SSSR count). The monoisotopic (exact) mass is 362 g/mol. The van der Waals surface area contributed by atoms with Gasteiger partial charge in [0, 0.05) is 11.8 Å². The third kappa shape index (κ3) is 1.18. The van der Waals surface area contributed by atoms with E-state index in [1.807, 2.05) is 12.2 Å². The third-order valence-electron chi connectivity index (χ3n) is 9.70. The summed E-state index contributed by atoms with van der Waals surface area (Å²) in [7, 11) is 0. The first kappa shape index (κ1) is 14.3. The van der Waals surface area contributed by atoms with Crippen molar-refractivity contribution in [1.29, 1.82) is 0 Å². The van der Waals surface area contributed by atoms with E-state index in [9.17, 15) is 9.59 Å². The Hall–Kier alpha value is -1.68. The summed E-state index contributed by atoms with van der Waals surface area (Å²) in [5.41, 5.74) is 1.42. The molecule has 0 aromatic carbocycles. The second-order valence-electron chi connectivity index (χ2n) is 10.3. The standard InChI is InChI=1S/C23H22O4/c24-20-22-14-1-2-15(23(22,21(25)27-20)17-4-3-16(22)26-17)19(14)18-12-6-10-5-11(8-12)9-13(18)7-10/h1-4,10-17H,5-9H2/t10?,11?,12?,13?,14-,15+,16-,17+,22-,23+. The molecule has 9 aliphatic rings. The van der Waals surface area contributed by atoms with Crippen molar-refractivity contribution in [3.63, 3.8) is 0 Å². The predicted molar refractivity (Wildman–Crippen MR) is 94.0 cm³/mol. The number of cyclic esters (lactones) is 2. The van der Waals surface area contributed by atoms with Gasteiger partial charge in [-0.3, -0.25) is 9.59 Å². The van der Waals surface area contributed by atoms with Gasteiger partial charge in [0.1, 0.15) is 10.8 Å². The van der Waals surface area contributed by atoms with E-state index >= 15 is 0 Å². The van der Waals surface area contributed by atoms with Gasteiger partial charge < -0.3 is 9.47 Å². The van der Waals surface area contributed by atoms with Crippen LogP contribution >= 0.6 is 0 Å². The molecule has 138 valence electrons. The van der Waals surface area contributed by atoms with E-state index in [-0.39, 0.29) is 36.0 Å². The number of ether oxygens (including phenoxy) is 2. The minimum Gasteiger partial charge on any atom is -0.392 e. The van der Waals surface area contributed by atoms with Crippen molar-refractivity contribution < 1.29 is 19.1 Å². The topological polar surface area (TPSA) is 52.6 Å². The van der Waals surface area contributed by atoms with E-state index in [0.717, 1.165) is 11.8 Å². The molecule has 2 saturated heterocycles. The van der Waals surface area contributed by atoms with Gasteiger partial charge in [0.05, 0.1) is 12.2 Å². The first-order valence-electron chi connectivity index (χ1n) is 10.7. The van der Waals surface area contributed by atoms with Crippen LogP contribution in [0.15, 0.2) is 35.5 Å². The van der Waals surface area contributed by atoms with Gasteiger partial charge in [-0.25, -0.2) is 0 Å². The predicted octanol–water partition coefficient (Wildman–Crippen LogP) is 2.95. The Morgan fingerprint density at radius 1 is 0.704 bits per heavy atom. The zero-order valence-electron chi connectivity index (χ0n) is 15.1. The number of fused-ring (bicyclic) bond motifs is 4. The average molecular weight is 362 g/mol. The summed E-state index contributed by atoms with van der Waals surface area (Å²) in [4.78, 5) is 26.3. The Kier molecular flexibility index (Phi) is 2.14. The minimum absolute atomic E-state index is 0.00562. The Morgan fingerprint density at radius 3 is 1.74 bits per heavy atom. The zero-order valence-corrected chi connectivity index (χ0v) is 15.1. The van der Waals surface area contributed by atoms with Crippen molar-refractivity contribution in [2.45, 2.75) is 44.3 Å². The second kappa shape index (κ2) is 4.03. The molecule has 6 aliphatic carbocycles. The van der Waals surface area contributed by atoms with Gasteiger partial charge in [0.25, 0.3) is 0 Å². The number of rotatable bonds is 0. The Morgan fingerprint density at radius 2 is 1.22 bits per heavy atom. The van der Waals surface area contributed by atoms with Crippen LogP contribution < -0.4 is 0 Å². The molecular weight excluding hydrogens is 340 g/mol. The Bertz CT molecular complexity index is 862. The van der Waals surface area contributed by atoms with E-state index < -0.39 is 10.8 Å². The average Bonchev–Trinajstić information content (AvgIpc) is 3.40. The molecule has 5 saturated carbocycles. The van der Waals surface area contributed by atoms with Crippen molar-refractivity contribution >= 4 is 11.9 Å². The van der Waals surface area contributed by atoms with Gasteiger partial charge in [0.15, 0.2) is 0 Å². The summed E-state index contributed by atoms with van der Waals surface area (Å²) in [6.07, 6.45) is 14.6. The number of carbonyl (C=O) groups is 2. The van der Waals surface area contributed by atoms with Crippen molar-refractivity contribution in [2.75, 3.05) is 0 Å². The van der Waals surface area contributed by atoms with Crippen LogP contribution in [0.3, 0.4) is 0 Å². The summed E-state index contributed by atoms with van der Waals surface area (Å²) in [6.45, 7) is 0. The van der Waals surface area contributed by atoms with Gasteiger partial charge in [0.2, 0.25) is 0 Å². The van der Waals surface area contributed by atoms with Crippen LogP contribution in [0.5, 0.6) is 0 Å². The molecule has 8 bridgehead atoms. The smallest absolute Gasteiger partial charge is 0.325 e. The molecule has 0 aromatic heterocycles. The summed E-state index contributed by atoms with van der Waals surface area (Å²) in [6, 6.07) is 0. The maximum absolute atomic E-state index is 13.2. The highest BCUT2D eigenvalue weighted by molar-refractivity contribution is 6.07. The van der Waals surface area contributed by atoms with Crippen LogP contribution in [0.2, 0.25) is 0 Å². The largest absolute Gasteiger partial charge is 0.392 e. The lowest BCUT2D eigenvalue weighted by atomic mass is 9.53. The van der Waals surface area contributed by atoms with E-state index in [4.69, 9.17) is 9.47 Å². The highest BCUT2D eigenvalue weighted by atomic mass is 16.6. The van der Waals surface area contributed by atoms with Crippen molar-refractivity contribution in [1.82, 2.24) is 0 Å². The van der Waals surface area contributed by atoms with Crippen LogP contribution in [-0.2, 0) is 19.1 Å². The van der Waals surface area contributed by atoms with Gasteiger partial charge in [-0.15, -0.1) is 0 Å². The Labute approximate surface area is 157 Å². The van der Waals surface area contributed by atoms with Gasteiger partial charge in [-0.2, -0.15) is 0 Å². The number of allylic oxidation sites excluding steroid dienone is 4. The van der Waals surface area contributed by atoms with E-state index in [1.54, 1.807) is 5.57 Å². The van der Waals surface area contributed by atoms with Crippen molar-refractivity contribution in [3.05, 3.63) is 35.5 Å². The highest BCUT2D eigenvalue weighted by Gasteiger charge is 2.89. The fraction of sp³-hybridized carbons (Fsp3) is 0.652. The molecule has 3 aliphatic heterocycles. The summed E-state index contributed by atoms with van der Waals surface area (Å²) >= 11 is 0. The second-order valence-corrected chi connectivity index (χ2v) is 10.3. The molecule has 4 heteroatoms. The molecular formula is C23H22O4. The number of hydrogen-bond donors (Lipinski definition) is 0. The number of hydrogen-bond acceptors (Lipinski definition) is 4. The van der Waals surface area contributed by atoms with Crippen LogP contribution in [0.25, 0.3) is 0 Å². The van der Waals surface area contributed by atoms with Crippen LogP contribution in [0.4, 0.5) is 0 Å². The van der Waals surface area contributed by atoms with Crippen LogP contribution in [0, 0.1) is 46.3 Å². The molecule has 0 aromatic rings. The van der Waals surface area contributed by atoms with E-state index in [0.29, 0.717) is 11.8 Å². The van der Waals surface area contributed by atoms with Gasteiger partial charge in [-0.1, -0.05) is 35.5 Å². The lowest BCUT2D eigenvalue weighted by Gasteiger charge is -2.52. The highest BCUT2D eigenvalue weighted by Crippen LogP contribution is 2.79. The lowest BCUT2D eigenvalue weighted by Crippen LogP contribution is -2.53. The molecule has 0 amide bonds. The molecule has 4 nitrogen and oxygen atoms in total. The first-order valence-corrected chi connectivity index (χ1v) is 10.7. The third-order valence-corrected chi connectivity index (χ3v) is 9.70. The normalized spacial score (nSPS) is 60.0. The van der Waals surface area contributed by atoms with Crippen LogP contribution in [0.1, 0.15) is 32.1 Å².